The number of hydrogen-bond donors (Lipinski definition) is 1. The maximum Gasteiger partial charge on any atom is 1.00 e. The van der Waals surface area contributed by atoms with Crippen LogP contribution in [0.5, 0.6) is 0 Å². The van der Waals surface area contributed by atoms with Crippen molar-refractivity contribution in [1.29, 1.82) is 0 Å². The minimum Gasteiger partial charge on any atom is -0.288 e. The van der Waals surface area contributed by atoms with Crippen molar-refractivity contribution in [2.45, 2.75) is 0 Å². The summed E-state index contributed by atoms with van der Waals surface area (Å²) < 4.78 is 0. The molecule has 1 aliphatic heterocycles. The van der Waals surface area contributed by atoms with Gasteiger partial charge in [-0.2, -0.15) is 0 Å². The molecular formula is C8H4KN2O4+. The van der Waals surface area contributed by atoms with E-state index in [-0.39, 0.29) is 68.2 Å². The summed E-state index contributed by atoms with van der Waals surface area (Å²) in [4.78, 5) is 31.9. The summed E-state index contributed by atoms with van der Waals surface area (Å²) >= 11 is 0. The summed E-state index contributed by atoms with van der Waals surface area (Å²) in [6.45, 7) is 0. The van der Waals surface area contributed by atoms with Crippen LogP contribution in [0.2, 0.25) is 0 Å². The summed E-state index contributed by atoms with van der Waals surface area (Å²) in [5.74, 6) is -1.10. The van der Waals surface area contributed by atoms with Crippen molar-refractivity contribution in [2.24, 2.45) is 0 Å². The van der Waals surface area contributed by atoms with Crippen molar-refractivity contribution >= 4 is 17.5 Å². The number of nitrogens with one attached hydrogen (secondary N) is 1. The average Bonchev–Trinajstić information content (AvgIpc) is 2.42. The third-order valence-corrected chi connectivity index (χ3v) is 1.93. The van der Waals surface area contributed by atoms with E-state index < -0.39 is 16.7 Å². The van der Waals surface area contributed by atoms with Gasteiger partial charge in [-0.25, -0.2) is 0 Å². The normalized spacial score (nSPS) is 12.8. The van der Waals surface area contributed by atoms with E-state index in [9.17, 15) is 19.7 Å². The monoisotopic (exact) mass is 231 g/mol. The van der Waals surface area contributed by atoms with E-state index in [0.29, 0.717) is 0 Å². The van der Waals surface area contributed by atoms with Gasteiger partial charge in [0, 0.05) is 12.1 Å². The van der Waals surface area contributed by atoms with Gasteiger partial charge in [0.15, 0.2) is 0 Å². The van der Waals surface area contributed by atoms with Gasteiger partial charge in [0.1, 0.15) is 0 Å². The number of carbonyl (C=O) groups is 2. The van der Waals surface area contributed by atoms with Crippen LogP contribution in [0.25, 0.3) is 0 Å². The molecule has 15 heavy (non-hydrogen) atoms. The zero-order valence-corrected chi connectivity index (χ0v) is 10.9. The minimum absolute atomic E-state index is 0. The molecule has 7 heteroatoms. The predicted octanol–water partition coefficient (Wildman–Crippen LogP) is -2.52. The molecule has 1 aromatic rings. The molecule has 70 valence electrons. The Balaban J connectivity index is 0.00000112. The number of carbonyl (C=O) groups excluding carboxylic acids is 2. The molecule has 0 aliphatic carbocycles. The van der Waals surface area contributed by atoms with Crippen LogP contribution in [0.1, 0.15) is 20.7 Å². The van der Waals surface area contributed by atoms with Crippen molar-refractivity contribution in [3.8, 4) is 0 Å². The van der Waals surface area contributed by atoms with Gasteiger partial charge in [0.2, 0.25) is 0 Å². The Morgan fingerprint density at radius 3 is 2.33 bits per heavy atom. The van der Waals surface area contributed by atoms with Gasteiger partial charge in [-0.15, -0.1) is 0 Å². The molecule has 2 amide bonds. The topological polar surface area (TPSA) is 89.3 Å². The zero-order chi connectivity index (χ0) is 10.3. The number of fused-ring (bicyclic) bond motifs is 1. The number of non-ortho nitro benzene ring substituents is 1. The smallest absolute Gasteiger partial charge is 0.288 e. The maximum atomic E-state index is 11.1. The molecule has 0 aromatic heterocycles. The fourth-order valence-corrected chi connectivity index (χ4v) is 1.27. The molecule has 1 N–H and O–H groups in total. The Morgan fingerprint density at radius 2 is 1.73 bits per heavy atom. The van der Waals surface area contributed by atoms with Crippen LogP contribution in [0.4, 0.5) is 5.69 Å². The Morgan fingerprint density at radius 1 is 1.13 bits per heavy atom. The molecule has 0 saturated carbocycles. The first-order chi connectivity index (χ1) is 6.59. The molecule has 1 heterocycles. The van der Waals surface area contributed by atoms with Crippen LogP contribution in [-0.4, -0.2) is 16.7 Å². The summed E-state index contributed by atoms with van der Waals surface area (Å²) in [6.07, 6.45) is 0. The molecule has 0 fully saturated rings. The fourth-order valence-electron chi connectivity index (χ4n) is 1.27. The third kappa shape index (κ3) is 2.16. The van der Waals surface area contributed by atoms with Crippen molar-refractivity contribution in [3.05, 3.63) is 39.4 Å². The first-order valence-corrected chi connectivity index (χ1v) is 3.74. The van der Waals surface area contributed by atoms with Gasteiger partial charge < -0.3 is 0 Å². The predicted molar refractivity (Wildman–Crippen MR) is 44.9 cm³/mol. The minimum atomic E-state index is -0.615. The molecule has 1 aliphatic rings. The number of nitrogens with zero attached hydrogens (tertiary/aromatic N) is 1. The number of amides is 2. The molecule has 0 bridgehead atoms. The number of nitro benzene ring substituents is 1. The van der Waals surface area contributed by atoms with Gasteiger partial charge in [0.25, 0.3) is 17.5 Å². The molecular weight excluding hydrogens is 227 g/mol. The first kappa shape index (κ1) is 12.5. The Kier molecular flexibility index (Phi) is 3.74. The van der Waals surface area contributed by atoms with E-state index >= 15 is 0 Å². The molecule has 0 atom stereocenters. The molecule has 0 unspecified atom stereocenters. The van der Waals surface area contributed by atoms with E-state index in [0.717, 1.165) is 6.07 Å². The summed E-state index contributed by atoms with van der Waals surface area (Å²) in [5.41, 5.74) is 0.0402. The number of imide groups is 1. The quantitative estimate of drug-likeness (QED) is 0.250. The van der Waals surface area contributed by atoms with Crippen molar-refractivity contribution in [1.82, 2.24) is 5.32 Å². The summed E-state index contributed by atoms with van der Waals surface area (Å²) in [6, 6.07) is 3.56. The maximum absolute atomic E-state index is 11.1. The van der Waals surface area contributed by atoms with E-state index in [1.54, 1.807) is 0 Å². The van der Waals surface area contributed by atoms with Gasteiger partial charge in [0.05, 0.1) is 16.1 Å². The molecule has 0 saturated heterocycles. The standard InChI is InChI=1S/C8H4N2O4.K/c11-7-5-2-1-4(10(13)14)3-6(5)8(12)9-7;/h1-3H,(H,9,11,12);/q;+1. The SMILES string of the molecule is O=C1NC(=O)c2cc([N+](=O)[O-])ccc21.[K+]. The van der Waals surface area contributed by atoms with Gasteiger partial charge in [-0.05, 0) is 6.07 Å². The zero-order valence-electron chi connectivity index (χ0n) is 7.81. The van der Waals surface area contributed by atoms with E-state index in [4.69, 9.17) is 0 Å². The van der Waals surface area contributed by atoms with Crippen LogP contribution >= 0.6 is 0 Å². The van der Waals surface area contributed by atoms with Gasteiger partial charge in [-0.3, -0.25) is 25.0 Å². The van der Waals surface area contributed by atoms with Crippen LogP contribution in [0, 0.1) is 10.1 Å². The van der Waals surface area contributed by atoms with E-state index in [1.165, 1.54) is 12.1 Å². The summed E-state index contributed by atoms with van der Waals surface area (Å²) in [5, 5.41) is 12.4. The van der Waals surface area contributed by atoms with Crippen molar-refractivity contribution in [3.63, 3.8) is 0 Å². The average molecular weight is 231 g/mol. The largest absolute Gasteiger partial charge is 1.00 e. The molecule has 6 nitrogen and oxygen atoms in total. The van der Waals surface area contributed by atoms with Gasteiger partial charge in [-0.1, -0.05) is 0 Å². The fraction of sp³-hybridized carbons (Fsp3) is 0. The van der Waals surface area contributed by atoms with E-state index in [1.807, 2.05) is 5.32 Å². The Bertz CT molecular complexity index is 472. The third-order valence-electron chi connectivity index (χ3n) is 1.93. The molecule has 1 aromatic carbocycles. The van der Waals surface area contributed by atoms with Crippen LogP contribution < -0.4 is 56.7 Å². The second-order valence-electron chi connectivity index (χ2n) is 2.77. The number of benzene rings is 1. The number of rotatable bonds is 1. The van der Waals surface area contributed by atoms with Crippen molar-refractivity contribution in [2.75, 3.05) is 0 Å². The first-order valence-electron chi connectivity index (χ1n) is 3.74. The van der Waals surface area contributed by atoms with E-state index in [2.05, 4.69) is 0 Å². The Hall–Kier alpha value is -0.604. The molecule has 2 rings (SSSR count). The Labute approximate surface area is 127 Å². The van der Waals surface area contributed by atoms with Crippen LogP contribution in [0.15, 0.2) is 18.2 Å². The number of hydrogen-bond acceptors (Lipinski definition) is 4. The van der Waals surface area contributed by atoms with Crippen LogP contribution in [0.3, 0.4) is 0 Å². The second kappa shape index (κ2) is 4.50. The molecule has 0 spiro atoms. The van der Waals surface area contributed by atoms with Gasteiger partial charge >= 0.3 is 51.4 Å². The molecule has 0 radical (unpaired) electrons. The van der Waals surface area contributed by atoms with Crippen LogP contribution in [-0.2, 0) is 0 Å². The number of nitro groups is 1. The van der Waals surface area contributed by atoms with Crippen molar-refractivity contribution < 1.29 is 65.9 Å². The summed E-state index contributed by atoms with van der Waals surface area (Å²) in [7, 11) is 0. The second-order valence-corrected chi connectivity index (χ2v) is 2.77.